The van der Waals surface area contributed by atoms with E-state index in [0.717, 1.165) is 40.7 Å². The third-order valence-corrected chi connectivity index (χ3v) is 5.81. The van der Waals surface area contributed by atoms with Gasteiger partial charge in [-0.2, -0.15) is 4.98 Å². The van der Waals surface area contributed by atoms with Crippen molar-refractivity contribution in [3.05, 3.63) is 63.7 Å². The molecule has 162 valence electrons. The van der Waals surface area contributed by atoms with Gasteiger partial charge in [0.15, 0.2) is 5.82 Å². The number of aryl methyl sites for hydroxylation is 1. The number of carbonyl (C=O) groups excluding carboxylic acids is 1. The first kappa shape index (κ1) is 21.2. The van der Waals surface area contributed by atoms with Crippen LogP contribution >= 0.6 is 11.3 Å². The van der Waals surface area contributed by atoms with Crippen molar-refractivity contribution in [1.29, 1.82) is 0 Å². The van der Waals surface area contributed by atoms with E-state index >= 15 is 0 Å². The molecule has 31 heavy (non-hydrogen) atoms. The maximum Gasteiger partial charge on any atom is 0.249 e. The average Bonchev–Trinajstić information content (AvgIpc) is 3.34. The summed E-state index contributed by atoms with van der Waals surface area (Å²) in [4.78, 5) is 21.3. The Morgan fingerprint density at radius 1 is 1.29 bits per heavy atom. The number of nitrogens with zero attached hydrogens (tertiary/aromatic N) is 3. The molecule has 1 saturated carbocycles. The highest BCUT2D eigenvalue weighted by atomic mass is 32.1. The quantitative estimate of drug-likeness (QED) is 0.482. The van der Waals surface area contributed by atoms with E-state index in [0.29, 0.717) is 18.4 Å². The lowest BCUT2D eigenvalue weighted by atomic mass is 10.0. The molecule has 0 aliphatic heterocycles. The Labute approximate surface area is 185 Å². The second-order valence-electron chi connectivity index (χ2n) is 8.04. The minimum atomic E-state index is -0.317. The highest BCUT2D eigenvalue weighted by Crippen LogP contribution is 2.38. The van der Waals surface area contributed by atoms with Gasteiger partial charge in [0.2, 0.25) is 11.8 Å². The van der Waals surface area contributed by atoms with Crippen LogP contribution in [-0.4, -0.2) is 21.0 Å². The standard InChI is InChI=1S/C23H26N4O3S/c1-14(2)21(23-26-22(27-30-23)17-7-8-17)25-20(28)11-6-16-4-9-19(10-5-16)29-12-18-13-31-15(3)24-18/h4-6,9-11,13-14,17,21H,7-8,12H2,1-3H3,(H,25,28)/b11-6+. The number of benzene rings is 1. The fourth-order valence-corrected chi connectivity index (χ4v) is 3.67. The van der Waals surface area contributed by atoms with Crippen LogP contribution in [0.25, 0.3) is 6.08 Å². The summed E-state index contributed by atoms with van der Waals surface area (Å²) in [6.45, 7) is 6.45. The number of nitrogens with one attached hydrogen (secondary N) is 1. The number of amides is 1. The summed E-state index contributed by atoms with van der Waals surface area (Å²) in [6.07, 6.45) is 5.49. The normalized spacial score (nSPS) is 14.8. The van der Waals surface area contributed by atoms with Gasteiger partial charge in [0, 0.05) is 17.4 Å². The van der Waals surface area contributed by atoms with E-state index < -0.39 is 0 Å². The molecule has 1 aliphatic rings. The van der Waals surface area contributed by atoms with Gasteiger partial charge < -0.3 is 14.6 Å². The topological polar surface area (TPSA) is 90.1 Å². The lowest BCUT2D eigenvalue weighted by molar-refractivity contribution is -0.117. The van der Waals surface area contributed by atoms with Crippen molar-refractivity contribution in [3.8, 4) is 5.75 Å². The molecule has 3 aromatic rings. The Hall–Kier alpha value is -3.00. The van der Waals surface area contributed by atoms with Crippen LogP contribution in [0, 0.1) is 12.8 Å². The molecule has 1 fully saturated rings. The predicted octanol–water partition coefficient (Wildman–Crippen LogP) is 4.82. The molecule has 1 aromatic carbocycles. The lowest BCUT2D eigenvalue weighted by Gasteiger charge is -2.17. The van der Waals surface area contributed by atoms with Crippen molar-refractivity contribution in [2.75, 3.05) is 0 Å². The van der Waals surface area contributed by atoms with Crippen LogP contribution in [0.1, 0.15) is 66.6 Å². The molecular weight excluding hydrogens is 412 g/mol. The third-order valence-electron chi connectivity index (χ3n) is 4.99. The SMILES string of the molecule is Cc1nc(COc2ccc(/C=C/C(=O)NC(c3nc(C4CC4)no3)C(C)C)cc2)cs1. The van der Waals surface area contributed by atoms with Crippen molar-refractivity contribution < 1.29 is 14.1 Å². The first-order valence-corrected chi connectivity index (χ1v) is 11.3. The number of ether oxygens (including phenoxy) is 1. The molecule has 7 nitrogen and oxygen atoms in total. The van der Waals surface area contributed by atoms with E-state index in [1.165, 1.54) is 6.08 Å². The van der Waals surface area contributed by atoms with Gasteiger partial charge in [0.05, 0.1) is 10.7 Å². The average molecular weight is 439 g/mol. The molecule has 0 spiro atoms. The number of rotatable bonds is 9. The van der Waals surface area contributed by atoms with Crippen LogP contribution in [0.4, 0.5) is 0 Å². The molecule has 2 heterocycles. The minimum Gasteiger partial charge on any atom is -0.487 e. The molecule has 1 unspecified atom stereocenters. The Morgan fingerprint density at radius 2 is 2.06 bits per heavy atom. The Morgan fingerprint density at radius 3 is 2.71 bits per heavy atom. The van der Waals surface area contributed by atoms with E-state index in [1.807, 2.05) is 50.4 Å². The highest BCUT2D eigenvalue weighted by Gasteiger charge is 2.31. The second kappa shape index (κ2) is 9.43. The molecule has 1 amide bonds. The first-order chi connectivity index (χ1) is 15.0. The maximum atomic E-state index is 12.5. The summed E-state index contributed by atoms with van der Waals surface area (Å²) in [7, 11) is 0. The molecule has 1 N–H and O–H groups in total. The van der Waals surface area contributed by atoms with E-state index in [1.54, 1.807) is 17.4 Å². The van der Waals surface area contributed by atoms with Gasteiger partial charge in [-0.15, -0.1) is 11.3 Å². The predicted molar refractivity (Wildman–Crippen MR) is 119 cm³/mol. The minimum absolute atomic E-state index is 0.128. The van der Waals surface area contributed by atoms with Gasteiger partial charge in [0.1, 0.15) is 18.4 Å². The van der Waals surface area contributed by atoms with E-state index in [9.17, 15) is 4.79 Å². The smallest absolute Gasteiger partial charge is 0.249 e. The third kappa shape index (κ3) is 5.79. The summed E-state index contributed by atoms with van der Waals surface area (Å²) >= 11 is 1.61. The largest absolute Gasteiger partial charge is 0.487 e. The monoisotopic (exact) mass is 438 g/mol. The van der Waals surface area contributed by atoms with Crippen molar-refractivity contribution in [1.82, 2.24) is 20.4 Å². The number of carbonyl (C=O) groups is 1. The summed E-state index contributed by atoms with van der Waals surface area (Å²) < 4.78 is 11.2. The molecule has 4 rings (SSSR count). The van der Waals surface area contributed by atoms with Crippen LogP contribution in [0.3, 0.4) is 0 Å². The van der Waals surface area contributed by atoms with Gasteiger partial charge in [-0.1, -0.05) is 31.1 Å². The molecule has 0 saturated heterocycles. The Kier molecular flexibility index (Phi) is 6.46. The van der Waals surface area contributed by atoms with Crippen LogP contribution in [0.15, 0.2) is 40.2 Å². The summed E-state index contributed by atoms with van der Waals surface area (Å²) in [6, 6.07) is 7.26. The second-order valence-corrected chi connectivity index (χ2v) is 9.11. The van der Waals surface area contributed by atoms with E-state index in [4.69, 9.17) is 9.26 Å². The van der Waals surface area contributed by atoms with Crippen LogP contribution in [-0.2, 0) is 11.4 Å². The molecule has 8 heteroatoms. The zero-order valence-corrected chi connectivity index (χ0v) is 18.7. The van der Waals surface area contributed by atoms with Crippen molar-refractivity contribution >= 4 is 23.3 Å². The summed E-state index contributed by atoms with van der Waals surface area (Å²) in [5, 5.41) is 10.1. The van der Waals surface area contributed by atoms with Crippen LogP contribution in [0.5, 0.6) is 5.75 Å². The molecule has 0 radical (unpaired) electrons. The summed E-state index contributed by atoms with van der Waals surface area (Å²) in [5.74, 6) is 2.31. The van der Waals surface area contributed by atoms with Crippen LogP contribution in [0.2, 0.25) is 0 Å². The Balaban J connectivity index is 1.31. The fourth-order valence-electron chi connectivity index (χ4n) is 3.07. The number of aromatic nitrogens is 3. The number of hydrogen-bond donors (Lipinski definition) is 1. The zero-order chi connectivity index (χ0) is 21.8. The molecule has 0 bridgehead atoms. The van der Waals surface area contributed by atoms with E-state index in [-0.39, 0.29) is 17.9 Å². The number of thiazole rings is 1. The van der Waals surface area contributed by atoms with Crippen molar-refractivity contribution in [2.24, 2.45) is 5.92 Å². The molecule has 1 aliphatic carbocycles. The molecular formula is C23H26N4O3S. The number of hydrogen-bond acceptors (Lipinski definition) is 7. The van der Waals surface area contributed by atoms with Crippen LogP contribution < -0.4 is 10.1 Å². The maximum absolute atomic E-state index is 12.5. The van der Waals surface area contributed by atoms with Gasteiger partial charge >= 0.3 is 0 Å². The van der Waals surface area contributed by atoms with Gasteiger partial charge in [-0.05, 0) is 49.5 Å². The van der Waals surface area contributed by atoms with E-state index in [2.05, 4.69) is 20.4 Å². The van der Waals surface area contributed by atoms with Gasteiger partial charge in [0.25, 0.3) is 0 Å². The molecule has 1 atom stereocenters. The lowest BCUT2D eigenvalue weighted by Crippen LogP contribution is -2.30. The zero-order valence-electron chi connectivity index (χ0n) is 17.9. The summed E-state index contributed by atoms with van der Waals surface area (Å²) in [5.41, 5.74) is 1.83. The van der Waals surface area contributed by atoms with Crippen molar-refractivity contribution in [3.63, 3.8) is 0 Å². The molecule has 2 aromatic heterocycles. The van der Waals surface area contributed by atoms with Gasteiger partial charge in [-0.25, -0.2) is 4.98 Å². The first-order valence-electron chi connectivity index (χ1n) is 10.4. The van der Waals surface area contributed by atoms with Crippen molar-refractivity contribution in [2.45, 2.75) is 52.2 Å². The van der Waals surface area contributed by atoms with Gasteiger partial charge in [-0.3, -0.25) is 4.79 Å². The highest BCUT2D eigenvalue weighted by molar-refractivity contribution is 7.09. The Bertz CT molecular complexity index is 1050. The fraction of sp³-hybridized carbons (Fsp3) is 0.391.